The Morgan fingerprint density at radius 1 is 0.500 bits per heavy atom. The summed E-state index contributed by atoms with van der Waals surface area (Å²) in [4.78, 5) is 56.6. The molecule has 8 rings (SSSR count). The van der Waals surface area contributed by atoms with Crippen LogP contribution in [0, 0.1) is 47.3 Å². The number of anilines is 2. The van der Waals surface area contributed by atoms with E-state index in [2.05, 4.69) is 31.9 Å². The van der Waals surface area contributed by atoms with E-state index in [0.717, 1.165) is 8.95 Å². The van der Waals surface area contributed by atoms with Gasteiger partial charge in [0.25, 0.3) is 0 Å². The van der Waals surface area contributed by atoms with Crippen LogP contribution in [-0.4, -0.2) is 23.6 Å². The molecule has 2 aromatic carbocycles. The number of nitrogens with zero attached hydrogens (tertiary/aromatic N) is 2. The SMILES string of the molecule is O=C1[C@@H]2[C@@H]3C=C[C@@H]([C@@H]2C(=O)N1c1ccc(Br)cc1)[C@H]1[C@H]2C(=O)N(c4ccc(Br)cc4)C(=O)[C@@H]2[C@H]31. The number of halogens is 2. The van der Waals surface area contributed by atoms with Crippen molar-refractivity contribution < 1.29 is 19.2 Å². The molecule has 8 heteroatoms. The highest BCUT2D eigenvalue weighted by Crippen LogP contribution is 2.68. The zero-order valence-corrected chi connectivity index (χ0v) is 20.8. The standard InChI is InChI=1S/C26H18Br2N2O4/c27-11-1-5-13(6-2-11)29-23(31)19-15-9-10-16(20(19)24(29)32)18-17(15)21-22(18)26(34)30(25(21)33)14-7-3-12(28)4-8-14/h1-10,15-22H/t15-,16-,17-,18-,19-,20+,21-,22-/m1/s1. The second kappa shape index (κ2) is 6.98. The van der Waals surface area contributed by atoms with Gasteiger partial charge in [-0.3, -0.25) is 29.0 Å². The fourth-order valence-electron chi connectivity index (χ4n) is 7.29. The lowest BCUT2D eigenvalue weighted by Crippen LogP contribution is -2.63. The molecule has 2 bridgehead atoms. The Kier molecular flexibility index (Phi) is 4.26. The van der Waals surface area contributed by atoms with Gasteiger partial charge < -0.3 is 0 Å². The molecule has 0 unspecified atom stereocenters. The van der Waals surface area contributed by atoms with E-state index < -0.39 is 23.7 Å². The summed E-state index contributed by atoms with van der Waals surface area (Å²) in [5.74, 6) is -3.14. The predicted molar refractivity (Wildman–Crippen MR) is 130 cm³/mol. The number of allylic oxidation sites excluding steroid dienone is 2. The van der Waals surface area contributed by atoms with E-state index in [4.69, 9.17) is 0 Å². The molecule has 0 N–H and O–H groups in total. The van der Waals surface area contributed by atoms with Crippen molar-refractivity contribution in [1.82, 2.24) is 0 Å². The molecule has 0 radical (unpaired) electrons. The van der Waals surface area contributed by atoms with Crippen molar-refractivity contribution in [2.75, 3.05) is 9.80 Å². The van der Waals surface area contributed by atoms with Gasteiger partial charge in [-0.1, -0.05) is 44.0 Å². The van der Waals surface area contributed by atoms with Crippen LogP contribution in [0.1, 0.15) is 0 Å². The second-order valence-corrected chi connectivity index (χ2v) is 11.6. The Bertz CT molecular complexity index is 1270. The van der Waals surface area contributed by atoms with E-state index in [1.54, 1.807) is 24.3 Å². The third kappa shape index (κ3) is 2.45. The molecule has 170 valence electrons. The number of fused-ring (bicyclic) bond motifs is 1. The van der Waals surface area contributed by atoms with Crippen molar-refractivity contribution in [2.24, 2.45) is 47.3 Å². The molecule has 4 aliphatic carbocycles. The molecule has 8 atom stereocenters. The third-order valence-corrected chi connectivity index (χ3v) is 9.57. The Hall–Kier alpha value is -2.58. The molecular formula is C26H18Br2N2O4. The molecule has 2 aliphatic heterocycles. The van der Waals surface area contributed by atoms with Crippen LogP contribution in [0.3, 0.4) is 0 Å². The molecule has 4 amide bonds. The number of rotatable bonds is 2. The highest BCUT2D eigenvalue weighted by molar-refractivity contribution is 9.10. The molecule has 2 saturated carbocycles. The van der Waals surface area contributed by atoms with E-state index >= 15 is 0 Å². The first-order chi connectivity index (χ1) is 16.4. The van der Waals surface area contributed by atoms with Crippen LogP contribution < -0.4 is 9.80 Å². The van der Waals surface area contributed by atoms with Crippen LogP contribution in [0.2, 0.25) is 0 Å². The number of hydrogen-bond acceptors (Lipinski definition) is 4. The van der Waals surface area contributed by atoms with Crippen molar-refractivity contribution in [3.63, 3.8) is 0 Å². The van der Waals surface area contributed by atoms with Gasteiger partial charge in [0.15, 0.2) is 0 Å². The van der Waals surface area contributed by atoms with Gasteiger partial charge in [0.1, 0.15) is 0 Å². The van der Waals surface area contributed by atoms with Gasteiger partial charge >= 0.3 is 0 Å². The molecule has 34 heavy (non-hydrogen) atoms. The number of carbonyl (C=O) groups excluding carboxylic acids is 4. The van der Waals surface area contributed by atoms with Gasteiger partial charge in [0, 0.05) is 8.95 Å². The minimum atomic E-state index is -0.474. The quantitative estimate of drug-likeness (QED) is 0.394. The topological polar surface area (TPSA) is 74.8 Å². The number of carbonyl (C=O) groups is 4. The fraction of sp³-hybridized carbons (Fsp3) is 0.308. The second-order valence-electron chi connectivity index (χ2n) is 9.77. The maximum Gasteiger partial charge on any atom is 0.238 e. The minimum Gasteiger partial charge on any atom is -0.274 e. The average Bonchev–Trinajstić information content (AvgIpc) is 3.19. The predicted octanol–water partition coefficient (Wildman–Crippen LogP) is 4.18. The van der Waals surface area contributed by atoms with Gasteiger partial charge in [-0.05, 0) is 72.2 Å². The molecule has 2 aromatic rings. The smallest absolute Gasteiger partial charge is 0.238 e. The molecule has 6 aliphatic rings. The third-order valence-electron chi connectivity index (χ3n) is 8.51. The Labute approximate surface area is 212 Å². The first kappa shape index (κ1) is 20.8. The van der Waals surface area contributed by atoms with Crippen molar-refractivity contribution in [2.45, 2.75) is 0 Å². The van der Waals surface area contributed by atoms with E-state index in [9.17, 15) is 19.2 Å². The van der Waals surface area contributed by atoms with Crippen molar-refractivity contribution >= 4 is 66.9 Å². The summed E-state index contributed by atoms with van der Waals surface area (Å²) in [6.07, 6.45) is 4.05. The maximum atomic E-state index is 13.6. The summed E-state index contributed by atoms with van der Waals surface area (Å²) < 4.78 is 1.74. The maximum absolute atomic E-state index is 13.6. The lowest BCUT2D eigenvalue weighted by atomic mass is 9.40. The van der Waals surface area contributed by atoms with Crippen LogP contribution in [-0.2, 0) is 19.2 Å². The number of imide groups is 2. The number of amides is 4. The van der Waals surface area contributed by atoms with Gasteiger partial charge in [-0.2, -0.15) is 0 Å². The van der Waals surface area contributed by atoms with Gasteiger partial charge in [0.2, 0.25) is 23.6 Å². The van der Waals surface area contributed by atoms with E-state index in [1.165, 1.54) is 9.80 Å². The van der Waals surface area contributed by atoms with Gasteiger partial charge in [-0.25, -0.2) is 0 Å². The summed E-state index contributed by atoms with van der Waals surface area (Å²) in [7, 11) is 0. The number of benzene rings is 2. The lowest BCUT2D eigenvalue weighted by Gasteiger charge is -2.60. The van der Waals surface area contributed by atoms with Crippen LogP contribution in [0.15, 0.2) is 69.6 Å². The van der Waals surface area contributed by atoms with Gasteiger partial charge in [0.05, 0.1) is 35.0 Å². The Morgan fingerprint density at radius 3 is 1.18 bits per heavy atom. The zero-order chi connectivity index (χ0) is 23.5. The van der Waals surface area contributed by atoms with Crippen LogP contribution in [0.5, 0.6) is 0 Å². The van der Waals surface area contributed by atoms with E-state index in [1.807, 2.05) is 36.4 Å². The number of hydrogen-bond donors (Lipinski definition) is 0. The molecule has 2 heterocycles. The monoisotopic (exact) mass is 580 g/mol. The molecule has 0 spiro atoms. The molecule has 6 nitrogen and oxygen atoms in total. The first-order valence-corrected chi connectivity index (χ1v) is 12.9. The summed E-state index contributed by atoms with van der Waals surface area (Å²) in [6.45, 7) is 0. The Morgan fingerprint density at radius 2 is 0.824 bits per heavy atom. The largest absolute Gasteiger partial charge is 0.274 e. The fourth-order valence-corrected chi connectivity index (χ4v) is 7.82. The van der Waals surface area contributed by atoms with Crippen molar-refractivity contribution in [3.05, 3.63) is 69.6 Å². The summed E-state index contributed by atoms with van der Waals surface area (Å²) in [5, 5.41) is 0. The first-order valence-electron chi connectivity index (χ1n) is 11.3. The van der Waals surface area contributed by atoms with Crippen LogP contribution in [0.25, 0.3) is 0 Å². The molecule has 2 saturated heterocycles. The highest BCUT2D eigenvalue weighted by Gasteiger charge is 2.75. The Balaban J connectivity index is 1.25. The van der Waals surface area contributed by atoms with E-state index in [-0.39, 0.29) is 47.3 Å². The van der Waals surface area contributed by atoms with E-state index in [0.29, 0.717) is 11.4 Å². The summed E-state index contributed by atoms with van der Waals surface area (Å²) >= 11 is 6.79. The van der Waals surface area contributed by atoms with Crippen LogP contribution in [0.4, 0.5) is 11.4 Å². The normalized spacial score (nSPS) is 37.1. The summed E-state index contributed by atoms with van der Waals surface area (Å²) in [6, 6.07) is 14.3. The average molecular weight is 582 g/mol. The molecular weight excluding hydrogens is 564 g/mol. The minimum absolute atomic E-state index is 0.0835. The highest BCUT2D eigenvalue weighted by atomic mass is 79.9. The van der Waals surface area contributed by atoms with Crippen LogP contribution >= 0.6 is 31.9 Å². The zero-order valence-electron chi connectivity index (χ0n) is 17.7. The summed E-state index contributed by atoms with van der Waals surface area (Å²) in [5.41, 5.74) is 1.13. The van der Waals surface area contributed by atoms with Gasteiger partial charge in [-0.15, -0.1) is 0 Å². The van der Waals surface area contributed by atoms with Crippen molar-refractivity contribution in [3.8, 4) is 0 Å². The molecule has 4 fully saturated rings. The lowest BCUT2D eigenvalue weighted by molar-refractivity contribution is -0.166. The van der Waals surface area contributed by atoms with Crippen molar-refractivity contribution in [1.29, 1.82) is 0 Å². The molecule has 0 aromatic heterocycles.